The Labute approximate surface area is 126 Å². The normalized spacial score (nSPS) is 23.5. The van der Waals surface area contributed by atoms with Crippen molar-refractivity contribution >= 4 is 0 Å². The number of nitrogens with zero attached hydrogens (tertiary/aromatic N) is 1. The van der Waals surface area contributed by atoms with Gasteiger partial charge in [0, 0.05) is 11.6 Å². The Balaban J connectivity index is 1.82. The highest BCUT2D eigenvalue weighted by Crippen LogP contribution is 2.40. The third-order valence-electron chi connectivity index (χ3n) is 5.38. The molecule has 3 N–H and O–H groups in total. The minimum atomic E-state index is -0.162. The molecule has 0 aromatic heterocycles. The Hall–Kier alpha value is -0.970. The zero-order valence-electron chi connectivity index (χ0n) is 12.7. The molecule has 0 spiro atoms. The molecule has 3 nitrogen and oxygen atoms in total. The fourth-order valence-corrected chi connectivity index (χ4v) is 4.34. The molecule has 0 amide bonds. The third-order valence-corrected chi connectivity index (χ3v) is 5.38. The molecule has 0 radical (unpaired) electrons. The number of hydrazine groups is 1. The standard InChI is InChI=1S/C17H26FN3/c18-15-7-5-6-14(12-15)13-16(20-19)17(8-1-2-9-17)21-10-3-4-11-21/h5-7,12,16,20H,1-4,8-11,13,19H2. The zero-order chi connectivity index (χ0) is 14.7. The Morgan fingerprint density at radius 3 is 2.52 bits per heavy atom. The van der Waals surface area contributed by atoms with Crippen molar-refractivity contribution in [1.82, 2.24) is 10.3 Å². The lowest BCUT2D eigenvalue weighted by Gasteiger charge is -2.45. The second-order valence-corrected chi connectivity index (χ2v) is 6.56. The van der Waals surface area contributed by atoms with E-state index in [-0.39, 0.29) is 17.4 Å². The van der Waals surface area contributed by atoms with Gasteiger partial charge in [-0.05, 0) is 62.9 Å². The maximum atomic E-state index is 13.4. The Morgan fingerprint density at radius 1 is 1.19 bits per heavy atom. The summed E-state index contributed by atoms with van der Waals surface area (Å²) in [6, 6.07) is 7.12. The Kier molecular flexibility index (Phi) is 4.57. The molecule has 1 heterocycles. The van der Waals surface area contributed by atoms with Crippen molar-refractivity contribution in [3.8, 4) is 0 Å². The number of rotatable bonds is 5. The molecular formula is C17H26FN3. The van der Waals surface area contributed by atoms with Crippen LogP contribution in [0.1, 0.15) is 44.1 Å². The number of halogens is 1. The molecule has 4 heteroatoms. The molecule has 116 valence electrons. The maximum absolute atomic E-state index is 13.4. The lowest BCUT2D eigenvalue weighted by molar-refractivity contribution is 0.0766. The SMILES string of the molecule is NNC(Cc1cccc(F)c1)C1(N2CCCC2)CCCC1. The monoisotopic (exact) mass is 291 g/mol. The van der Waals surface area contributed by atoms with Crippen LogP contribution < -0.4 is 11.3 Å². The van der Waals surface area contributed by atoms with Crippen molar-refractivity contribution in [1.29, 1.82) is 0 Å². The number of hydrogen-bond donors (Lipinski definition) is 2. The van der Waals surface area contributed by atoms with Gasteiger partial charge in [-0.3, -0.25) is 16.2 Å². The van der Waals surface area contributed by atoms with Gasteiger partial charge in [0.05, 0.1) is 0 Å². The minimum absolute atomic E-state index is 0.162. The van der Waals surface area contributed by atoms with Gasteiger partial charge in [0.1, 0.15) is 5.82 Å². The molecule has 0 bridgehead atoms. The lowest BCUT2D eigenvalue weighted by atomic mass is 9.83. The van der Waals surface area contributed by atoms with Gasteiger partial charge in [-0.1, -0.05) is 25.0 Å². The van der Waals surface area contributed by atoms with E-state index >= 15 is 0 Å². The van der Waals surface area contributed by atoms with E-state index in [0.29, 0.717) is 0 Å². The van der Waals surface area contributed by atoms with Crippen LogP contribution in [0.4, 0.5) is 4.39 Å². The molecule has 1 aliphatic heterocycles. The van der Waals surface area contributed by atoms with Crippen LogP contribution in [0.2, 0.25) is 0 Å². The van der Waals surface area contributed by atoms with Crippen molar-refractivity contribution < 1.29 is 4.39 Å². The van der Waals surface area contributed by atoms with E-state index in [9.17, 15) is 4.39 Å². The molecule has 1 saturated carbocycles. The van der Waals surface area contributed by atoms with E-state index < -0.39 is 0 Å². The number of likely N-dealkylation sites (tertiary alicyclic amines) is 1. The quantitative estimate of drug-likeness (QED) is 0.647. The molecule has 21 heavy (non-hydrogen) atoms. The Bertz CT molecular complexity index is 465. The van der Waals surface area contributed by atoms with Crippen molar-refractivity contribution in [3.05, 3.63) is 35.6 Å². The summed E-state index contributed by atoms with van der Waals surface area (Å²) >= 11 is 0. The minimum Gasteiger partial charge on any atom is -0.296 e. The number of nitrogens with two attached hydrogens (primary N) is 1. The van der Waals surface area contributed by atoms with Gasteiger partial charge in [0.25, 0.3) is 0 Å². The first-order chi connectivity index (χ1) is 10.2. The first-order valence-electron chi connectivity index (χ1n) is 8.20. The lowest BCUT2D eigenvalue weighted by Crippen LogP contribution is -2.61. The molecule has 3 rings (SSSR count). The van der Waals surface area contributed by atoms with Gasteiger partial charge >= 0.3 is 0 Å². The third kappa shape index (κ3) is 2.98. The van der Waals surface area contributed by atoms with E-state index in [1.54, 1.807) is 12.1 Å². The number of hydrogen-bond acceptors (Lipinski definition) is 3. The van der Waals surface area contributed by atoms with E-state index in [2.05, 4.69) is 10.3 Å². The summed E-state index contributed by atoms with van der Waals surface area (Å²) in [5, 5.41) is 0. The zero-order valence-corrected chi connectivity index (χ0v) is 12.7. The van der Waals surface area contributed by atoms with Gasteiger partial charge in [0.15, 0.2) is 0 Å². The average Bonchev–Trinajstić information content (AvgIpc) is 3.16. The number of nitrogens with one attached hydrogen (secondary N) is 1. The second-order valence-electron chi connectivity index (χ2n) is 6.56. The summed E-state index contributed by atoms with van der Waals surface area (Å²) in [6.45, 7) is 2.36. The van der Waals surface area contributed by atoms with Crippen LogP contribution in [0.5, 0.6) is 0 Å². The van der Waals surface area contributed by atoms with Crippen LogP contribution in [0.25, 0.3) is 0 Å². The summed E-state index contributed by atoms with van der Waals surface area (Å²) in [4.78, 5) is 2.64. The van der Waals surface area contributed by atoms with Crippen LogP contribution in [0.3, 0.4) is 0 Å². The predicted molar refractivity (Wildman–Crippen MR) is 83.2 cm³/mol. The highest BCUT2D eigenvalue weighted by molar-refractivity contribution is 5.20. The molecular weight excluding hydrogens is 265 g/mol. The number of benzene rings is 1. The highest BCUT2D eigenvalue weighted by atomic mass is 19.1. The molecule has 1 saturated heterocycles. The molecule has 1 aliphatic carbocycles. The van der Waals surface area contributed by atoms with Crippen molar-refractivity contribution in [3.63, 3.8) is 0 Å². The first-order valence-corrected chi connectivity index (χ1v) is 8.20. The van der Waals surface area contributed by atoms with Gasteiger partial charge in [0.2, 0.25) is 0 Å². The summed E-state index contributed by atoms with van der Waals surface area (Å²) in [5.74, 6) is 5.76. The van der Waals surface area contributed by atoms with Crippen LogP contribution >= 0.6 is 0 Å². The predicted octanol–water partition coefficient (Wildman–Crippen LogP) is 2.61. The van der Waals surface area contributed by atoms with E-state index in [1.807, 2.05) is 6.07 Å². The van der Waals surface area contributed by atoms with Crippen molar-refractivity contribution in [2.45, 2.75) is 56.5 Å². The van der Waals surface area contributed by atoms with Crippen molar-refractivity contribution in [2.24, 2.45) is 5.84 Å². The second kappa shape index (κ2) is 6.42. The topological polar surface area (TPSA) is 41.3 Å². The Morgan fingerprint density at radius 2 is 1.90 bits per heavy atom. The van der Waals surface area contributed by atoms with E-state index in [1.165, 1.54) is 57.7 Å². The van der Waals surface area contributed by atoms with Crippen LogP contribution in [-0.4, -0.2) is 29.6 Å². The van der Waals surface area contributed by atoms with Gasteiger partial charge in [-0.25, -0.2) is 4.39 Å². The molecule has 1 aromatic rings. The van der Waals surface area contributed by atoms with Gasteiger partial charge in [-0.2, -0.15) is 0 Å². The smallest absolute Gasteiger partial charge is 0.123 e. The van der Waals surface area contributed by atoms with Crippen LogP contribution in [0, 0.1) is 5.82 Å². The van der Waals surface area contributed by atoms with Crippen LogP contribution in [-0.2, 0) is 6.42 Å². The molecule has 1 unspecified atom stereocenters. The molecule has 2 fully saturated rings. The van der Waals surface area contributed by atoms with Crippen molar-refractivity contribution in [2.75, 3.05) is 13.1 Å². The fraction of sp³-hybridized carbons (Fsp3) is 0.647. The fourth-order valence-electron chi connectivity index (χ4n) is 4.34. The van der Waals surface area contributed by atoms with Crippen LogP contribution in [0.15, 0.2) is 24.3 Å². The average molecular weight is 291 g/mol. The van der Waals surface area contributed by atoms with Gasteiger partial charge in [-0.15, -0.1) is 0 Å². The van der Waals surface area contributed by atoms with Gasteiger partial charge < -0.3 is 0 Å². The molecule has 1 aromatic carbocycles. The first kappa shape index (κ1) is 14.9. The maximum Gasteiger partial charge on any atom is 0.123 e. The van der Waals surface area contributed by atoms with E-state index in [4.69, 9.17) is 5.84 Å². The largest absolute Gasteiger partial charge is 0.296 e. The molecule has 2 aliphatic rings. The summed E-state index contributed by atoms with van der Waals surface area (Å²) in [6.07, 6.45) is 8.34. The van der Waals surface area contributed by atoms with E-state index in [0.717, 1.165) is 12.0 Å². The summed E-state index contributed by atoms with van der Waals surface area (Å²) in [5.41, 5.74) is 4.26. The summed E-state index contributed by atoms with van der Waals surface area (Å²) in [7, 11) is 0. The summed E-state index contributed by atoms with van der Waals surface area (Å²) < 4.78 is 13.4. The highest BCUT2D eigenvalue weighted by Gasteiger charge is 2.46. The molecule has 1 atom stereocenters.